The smallest absolute Gasteiger partial charge is 0.414 e. The number of aromatic amines is 1. The molecule has 0 aliphatic carbocycles. The van der Waals surface area contributed by atoms with Gasteiger partial charge in [0.15, 0.2) is 20.2 Å². The van der Waals surface area contributed by atoms with Crippen molar-refractivity contribution in [2.75, 3.05) is 31.4 Å². The molecule has 25 nitrogen and oxygen atoms in total. The highest BCUT2D eigenvalue weighted by Crippen LogP contribution is 2.22. The van der Waals surface area contributed by atoms with Gasteiger partial charge in [-0.15, -0.1) is 11.6 Å². The van der Waals surface area contributed by atoms with Gasteiger partial charge in [-0.25, -0.2) is 38.5 Å². The number of imidazole rings is 1. The number of aryl methyl sites for hydroxylation is 1. The van der Waals surface area contributed by atoms with Crippen LogP contribution in [0.5, 0.6) is 0 Å². The number of carboxylic acids is 1. The first-order chi connectivity index (χ1) is 39.5. The van der Waals surface area contributed by atoms with E-state index < -0.39 is 72.0 Å². The summed E-state index contributed by atoms with van der Waals surface area (Å²) in [5.41, 5.74) is 3.24. The van der Waals surface area contributed by atoms with Gasteiger partial charge in [0.05, 0.1) is 12.1 Å². The molecule has 3 fully saturated rings. The van der Waals surface area contributed by atoms with Crippen LogP contribution in [0.2, 0.25) is 0 Å². The number of aliphatic carboxylic acids is 1. The summed E-state index contributed by atoms with van der Waals surface area (Å²) in [5.74, 6) is -2.71. The lowest BCUT2D eigenvalue weighted by atomic mass is 10.1. The van der Waals surface area contributed by atoms with Gasteiger partial charge in [-0.3, -0.25) is 29.6 Å². The van der Waals surface area contributed by atoms with E-state index in [9.17, 15) is 43.2 Å². The minimum absolute atomic E-state index is 0.00854. The van der Waals surface area contributed by atoms with Gasteiger partial charge in [0.2, 0.25) is 5.95 Å². The molecule has 3 aliphatic heterocycles. The zero-order valence-corrected chi connectivity index (χ0v) is 48.4. The molecular weight excluding hydrogens is 1110 g/mol. The summed E-state index contributed by atoms with van der Waals surface area (Å²) in [7, 11) is 0. The van der Waals surface area contributed by atoms with E-state index in [4.69, 9.17) is 60.1 Å². The van der Waals surface area contributed by atoms with Gasteiger partial charge in [-0.05, 0) is 77.0 Å². The van der Waals surface area contributed by atoms with Gasteiger partial charge in [0, 0.05) is 24.2 Å². The van der Waals surface area contributed by atoms with Crippen molar-refractivity contribution in [3.63, 3.8) is 0 Å². The molecule has 0 bridgehead atoms. The summed E-state index contributed by atoms with van der Waals surface area (Å²) in [6.45, 7) is 14.8. The Labute approximate surface area is 486 Å². The number of carbonyl (C=O) groups is 10. The average Bonchev–Trinajstić information content (AvgIpc) is 4.29. The third-order valence-electron chi connectivity index (χ3n) is 10.7. The average molecular weight is 1180 g/mol. The lowest BCUT2D eigenvalue weighted by Crippen LogP contribution is -2.38. The number of anilines is 1. The summed E-state index contributed by atoms with van der Waals surface area (Å²) >= 11 is 5.42. The molecule has 0 radical (unpaired) electrons. The Balaban J connectivity index is 0.000000404. The van der Waals surface area contributed by atoms with Crippen molar-refractivity contribution in [1.82, 2.24) is 24.7 Å². The van der Waals surface area contributed by atoms with Crippen LogP contribution in [-0.4, -0.2) is 146 Å². The molecule has 0 unspecified atom stereocenters. The number of halogens is 1. The predicted molar refractivity (Wildman–Crippen MR) is 300 cm³/mol. The zero-order valence-electron chi connectivity index (χ0n) is 47.6. The van der Waals surface area contributed by atoms with E-state index in [0.717, 1.165) is 21.6 Å². The second-order valence-corrected chi connectivity index (χ2v) is 19.4. The van der Waals surface area contributed by atoms with Gasteiger partial charge in [0.25, 0.3) is 0 Å². The van der Waals surface area contributed by atoms with Gasteiger partial charge in [-0.2, -0.15) is 0 Å². The summed E-state index contributed by atoms with van der Waals surface area (Å²) in [5, 5.41) is 17.7. The van der Waals surface area contributed by atoms with Gasteiger partial charge in [-0.1, -0.05) is 111 Å². The molecule has 3 saturated heterocycles. The number of hydrogen-bond donors (Lipinski definition) is 4. The van der Waals surface area contributed by atoms with Crippen molar-refractivity contribution in [3.05, 3.63) is 120 Å². The molecule has 4 amide bonds. The van der Waals surface area contributed by atoms with Crippen LogP contribution in [0.1, 0.15) is 109 Å². The number of aromatic nitrogens is 2. The van der Waals surface area contributed by atoms with E-state index in [1.807, 2.05) is 85.7 Å². The minimum atomic E-state index is -1.03. The Morgan fingerprint density at radius 1 is 0.675 bits per heavy atom. The van der Waals surface area contributed by atoms with Crippen LogP contribution in [0.3, 0.4) is 0 Å². The molecule has 4 N–H and O–H groups in total. The molecule has 83 heavy (non-hydrogen) atoms. The number of carbonyl (C=O) groups excluding carboxylic acids is 9. The van der Waals surface area contributed by atoms with Crippen LogP contribution in [0.4, 0.5) is 25.1 Å². The second-order valence-electron chi connectivity index (χ2n) is 19.1. The molecule has 26 heteroatoms. The van der Waals surface area contributed by atoms with Gasteiger partial charge < -0.3 is 53.5 Å². The lowest BCUT2D eigenvalue weighted by Gasteiger charge is -2.19. The Kier molecular flexibility index (Phi) is 32.1. The van der Waals surface area contributed by atoms with Gasteiger partial charge in [0.1, 0.15) is 56.1 Å². The SMILES string of the molecule is C=O.CC(C)(C)OC(=O)Nc1ncc(CC[C@H]2C(=O)OCN2C(=O)OCc2ccccc2)[nH]1.CC(C)=N.CCC.O=C(CCl)CC[C@H]1C(=O)OCN1C(=O)OCc1ccccc1.O=C(O)CC[C@H]1C(=O)OCN1C(=O)OCc1ccccc1. The first-order valence-electron chi connectivity index (χ1n) is 26.1. The molecule has 0 saturated carbocycles. The minimum Gasteiger partial charge on any atom is -0.481 e. The fourth-order valence-corrected chi connectivity index (χ4v) is 7.11. The fraction of sp³-hybridized carbons (Fsp3) is 0.439. The number of ketones is 1. The highest BCUT2D eigenvalue weighted by atomic mass is 35.5. The van der Waals surface area contributed by atoms with Gasteiger partial charge >= 0.3 is 48.3 Å². The quantitative estimate of drug-likeness (QED) is 0.0331. The largest absolute Gasteiger partial charge is 0.481 e. The molecule has 4 heterocycles. The number of rotatable bonds is 17. The maximum absolute atomic E-state index is 12.4. The van der Waals surface area contributed by atoms with E-state index in [2.05, 4.69) is 29.1 Å². The number of hydrogen-bond acceptors (Lipinski definition) is 19. The van der Waals surface area contributed by atoms with Crippen molar-refractivity contribution in [2.45, 2.75) is 137 Å². The van der Waals surface area contributed by atoms with E-state index in [1.165, 1.54) is 16.2 Å². The fourth-order valence-electron chi connectivity index (χ4n) is 6.97. The Morgan fingerprint density at radius 3 is 1.36 bits per heavy atom. The van der Waals surface area contributed by atoms with E-state index >= 15 is 0 Å². The first-order valence-corrected chi connectivity index (χ1v) is 26.6. The van der Waals surface area contributed by atoms with Crippen molar-refractivity contribution < 1.29 is 86.2 Å². The molecule has 4 aromatic rings. The maximum Gasteiger partial charge on any atom is 0.414 e. The standard InChI is InChI=1S/C21H26N4O6.C15H16ClNO5.C14H15NO6.C3H7N.C3H8.CH2O/c1-21(2,3)31-19(27)24-18-22-11-15(23-18)9-10-16-17(26)30-13-25(16)20(28)29-12-14-7-5-4-6-8-14;16-8-12(18)6-7-13-14(19)22-10-17(13)15(20)21-9-11-4-2-1-3-5-11;16-12(17)7-6-11-13(18)21-9-15(11)14(19)20-8-10-4-2-1-3-5-10;1-3(2)4;1-3-2;1-2/h4-8,11,16H,9-10,12-13H2,1-3H3,(H2,22,23,24,27);1-5,13H,6-10H2;1-5,11H,6-9H2,(H,16,17);4H,1-2H3;3H2,1-2H3;1H2/t16-;13-;11-;;;/m000.../s1. The van der Waals surface area contributed by atoms with Crippen LogP contribution in [0.25, 0.3) is 0 Å². The van der Waals surface area contributed by atoms with Crippen LogP contribution in [-0.2, 0) is 88.2 Å². The summed E-state index contributed by atoms with van der Waals surface area (Å²) in [4.78, 5) is 124. The number of benzene rings is 3. The zero-order chi connectivity index (χ0) is 61.9. The molecule has 7 rings (SSSR count). The molecule has 3 atom stereocenters. The number of ether oxygens (including phenoxy) is 7. The molecule has 452 valence electrons. The van der Waals surface area contributed by atoms with Crippen LogP contribution in [0, 0.1) is 5.41 Å². The molecule has 0 spiro atoms. The number of esters is 3. The first kappa shape index (κ1) is 70.2. The Hall–Kier alpha value is -8.87. The highest BCUT2D eigenvalue weighted by molar-refractivity contribution is 6.27. The van der Waals surface area contributed by atoms with E-state index in [0.29, 0.717) is 24.2 Å². The van der Waals surface area contributed by atoms with Crippen molar-refractivity contribution in [3.8, 4) is 0 Å². The molecule has 1 aromatic heterocycles. The van der Waals surface area contributed by atoms with E-state index in [-0.39, 0.29) is 83.3 Å². The molecular formula is C57H74ClN7O18. The Bertz CT molecular complexity index is 2690. The third kappa shape index (κ3) is 27.4. The number of alkyl halides is 1. The number of nitrogens with one attached hydrogen (secondary N) is 3. The monoisotopic (exact) mass is 1180 g/mol. The van der Waals surface area contributed by atoms with Crippen LogP contribution >= 0.6 is 11.6 Å². The summed E-state index contributed by atoms with van der Waals surface area (Å²) in [6, 6.07) is 25.1. The number of Topliss-reactive ketones (excluding diaryl/α,β-unsaturated/α-hetero) is 1. The topological polar surface area (TPSA) is 330 Å². The number of amides is 4. The van der Waals surface area contributed by atoms with Crippen molar-refractivity contribution in [1.29, 1.82) is 5.41 Å². The summed E-state index contributed by atoms with van der Waals surface area (Å²) < 4.78 is 35.4. The number of H-pyrrole nitrogens is 1. The number of carboxylic acid groups (broad SMARTS) is 1. The molecule has 3 aliphatic rings. The summed E-state index contributed by atoms with van der Waals surface area (Å²) in [6.07, 6.45) is 1.03. The van der Waals surface area contributed by atoms with Crippen molar-refractivity contribution >= 4 is 84.1 Å². The van der Waals surface area contributed by atoms with Crippen molar-refractivity contribution in [2.24, 2.45) is 0 Å². The lowest BCUT2D eigenvalue weighted by molar-refractivity contribution is -0.141. The number of cyclic esters (lactones) is 3. The Morgan fingerprint density at radius 2 is 1.02 bits per heavy atom. The van der Waals surface area contributed by atoms with Crippen LogP contribution in [0.15, 0.2) is 97.2 Å². The predicted octanol–water partition coefficient (Wildman–Crippen LogP) is 8.96. The highest BCUT2D eigenvalue weighted by Gasteiger charge is 2.41. The van der Waals surface area contributed by atoms with Crippen LogP contribution < -0.4 is 5.32 Å². The number of nitrogens with zero attached hydrogens (tertiary/aromatic N) is 4. The third-order valence-corrected chi connectivity index (χ3v) is 11.0. The normalized spacial score (nSPS) is 15.5. The van der Waals surface area contributed by atoms with E-state index in [1.54, 1.807) is 52.9 Å². The molecule has 3 aromatic carbocycles. The maximum atomic E-state index is 12.4. The second kappa shape index (κ2) is 37.9.